The molecule has 21 heavy (non-hydrogen) atoms. The molecule has 1 aromatic carbocycles. The Morgan fingerprint density at radius 2 is 2.14 bits per heavy atom. The normalized spacial score (nSPS) is 15.0. The fraction of sp³-hybridized carbons (Fsp3) is 0.429. The summed E-state index contributed by atoms with van der Waals surface area (Å²) in [6.45, 7) is 3.14. The number of hydrogen-bond acceptors (Lipinski definition) is 7. The van der Waals surface area contributed by atoms with Gasteiger partial charge in [-0.2, -0.15) is 4.37 Å². The van der Waals surface area contributed by atoms with E-state index in [2.05, 4.69) is 26.8 Å². The van der Waals surface area contributed by atoms with E-state index >= 15 is 0 Å². The average Bonchev–Trinajstić information content (AvgIpc) is 2.93. The molecule has 7 heteroatoms. The van der Waals surface area contributed by atoms with E-state index in [1.54, 1.807) is 11.8 Å². The van der Waals surface area contributed by atoms with Gasteiger partial charge in [-0.25, -0.2) is 4.98 Å². The van der Waals surface area contributed by atoms with E-state index in [1.807, 2.05) is 20.0 Å². The molecule has 0 fully saturated rings. The molecule has 1 unspecified atom stereocenters. The summed E-state index contributed by atoms with van der Waals surface area (Å²) in [6.07, 6.45) is 0. The summed E-state index contributed by atoms with van der Waals surface area (Å²) in [5.74, 6) is 3.39. The number of aromatic nitrogens is 2. The molecule has 112 valence electrons. The standard InChI is InChI=1S/C14H17N3O2S2/c1-9-16-14(21-17-9)20-8-11(15-2)10-3-4-12-13(7-10)19-6-5-18-12/h3-4,7,11,15H,5-6,8H2,1-2H3. The first-order valence-corrected chi connectivity index (χ1v) is 8.52. The molecule has 0 bridgehead atoms. The molecule has 2 heterocycles. The van der Waals surface area contributed by atoms with Crippen LogP contribution >= 0.6 is 23.3 Å². The SMILES string of the molecule is CNC(CSc1nc(C)ns1)c1ccc2c(c1)OCCO2. The molecule has 0 aliphatic carbocycles. The Hall–Kier alpha value is -1.31. The van der Waals surface area contributed by atoms with Gasteiger partial charge >= 0.3 is 0 Å². The van der Waals surface area contributed by atoms with Crippen molar-refractivity contribution in [1.29, 1.82) is 0 Å². The molecular weight excluding hydrogens is 306 g/mol. The highest BCUT2D eigenvalue weighted by Crippen LogP contribution is 2.34. The van der Waals surface area contributed by atoms with Gasteiger partial charge in [-0.15, -0.1) is 0 Å². The van der Waals surface area contributed by atoms with Crippen molar-refractivity contribution in [2.45, 2.75) is 17.3 Å². The van der Waals surface area contributed by atoms with Crippen LogP contribution in [0.25, 0.3) is 0 Å². The predicted molar refractivity (Wildman–Crippen MR) is 84.6 cm³/mol. The molecule has 3 rings (SSSR count). The maximum absolute atomic E-state index is 5.65. The van der Waals surface area contributed by atoms with Crippen LogP contribution in [0.2, 0.25) is 0 Å². The third kappa shape index (κ3) is 3.48. The lowest BCUT2D eigenvalue weighted by Crippen LogP contribution is -2.20. The summed E-state index contributed by atoms with van der Waals surface area (Å²) in [4.78, 5) is 4.38. The fourth-order valence-electron chi connectivity index (χ4n) is 2.11. The Morgan fingerprint density at radius 3 is 2.86 bits per heavy atom. The van der Waals surface area contributed by atoms with E-state index in [0.29, 0.717) is 13.2 Å². The van der Waals surface area contributed by atoms with Crippen molar-refractivity contribution in [3.05, 3.63) is 29.6 Å². The van der Waals surface area contributed by atoms with Crippen LogP contribution in [0, 0.1) is 6.92 Å². The molecule has 5 nitrogen and oxygen atoms in total. The molecular formula is C14H17N3O2S2. The monoisotopic (exact) mass is 323 g/mol. The molecule has 1 aliphatic rings. The van der Waals surface area contributed by atoms with Crippen LogP contribution in [0.1, 0.15) is 17.4 Å². The minimum atomic E-state index is 0.232. The first kappa shape index (κ1) is 14.6. The molecule has 0 spiro atoms. The van der Waals surface area contributed by atoms with Crippen LogP contribution in [-0.2, 0) is 0 Å². The summed E-state index contributed by atoms with van der Waals surface area (Å²) in [5, 5.41) is 3.34. The van der Waals surface area contributed by atoms with Gasteiger partial charge in [0.1, 0.15) is 19.0 Å². The van der Waals surface area contributed by atoms with Gasteiger partial charge in [0.05, 0.1) is 0 Å². The van der Waals surface area contributed by atoms with Crippen molar-refractivity contribution < 1.29 is 9.47 Å². The highest BCUT2D eigenvalue weighted by atomic mass is 32.2. The average molecular weight is 323 g/mol. The highest BCUT2D eigenvalue weighted by molar-refractivity contribution is 8.00. The smallest absolute Gasteiger partial charge is 0.170 e. The first-order chi connectivity index (χ1) is 10.3. The number of benzene rings is 1. The van der Waals surface area contributed by atoms with E-state index in [9.17, 15) is 0 Å². The first-order valence-electron chi connectivity index (χ1n) is 6.76. The minimum Gasteiger partial charge on any atom is -0.486 e. The third-order valence-corrected chi connectivity index (χ3v) is 5.22. The fourth-order valence-corrected chi connectivity index (χ4v) is 3.93. The number of rotatable bonds is 5. The molecule has 2 aromatic rings. The van der Waals surface area contributed by atoms with Gasteiger partial charge in [0.2, 0.25) is 0 Å². The van der Waals surface area contributed by atoms with Gasteiger partial charge < -0.3 is 14.8 Å². The van der Waals surface area contributed by atoms with E-state index < -0.39 is 0 Å². The Balaban J connectivity index is 1.70. The van der Waals surface area contributed by atoms with Crippen LogP contribution in [0.3, 0.4) is 0 Å². The number of nitrogens with one attached hydrogen (secondary N) is 1. The zero-order chi connectivity index (χ0) is 14.7. The second-order valence-corrected chi connectivity index (χ2v) is 6.68. The molecule has 0 saturated heterocycles. The lowest BCUT2D eigenvalue weighted by molar-refractivity contribution is 0.171. The van der Waals surface area contributed by atoms with Gasteiger partial charge in [-0.3, -0.25) is 0 Å². The number of fused-ring (bicyclic) bond motifs is 1. The number of nitrogens with zero attached hydrogens (tertiary/aromatic N) is 2. The van der Waals surface area contributed by atoms with Gasteiger partial charge in [0, 0.05) is 11.8 Å². The largest absolute Gasteiger partial charge is 0.486 e. The molecule has 0 amide bonds. The summed E-state index contributed by atoms with van der Waals surface area (Å²) in [5.41, 5.74) is 1.19. The zero-order valence-corrected chi connectivity index (χ0v) is 13.6. The van der Waals surface area contributed by atoms with Crippen molar-refractivity contribution in [3.63, 3.8) is 0 Å². The maximum atomic E-state index is 5.65. The van der Waals surface area contributed by atoms with E-state index in [1.165, 1.54) is 17.1 Å². The van der Waals surface area contributed by atoms with Crippen molar-refractivity contribution in [1.82, 2.24) is 14.7 Å². The summed E-state index contributed by atoms with van der Waals surface area (Å²) in [6, 6.07) is 6.35. The van der Waals surface area contributed by atoms with E-state index in [0.717, 1.165) is 27.4 Å². The zero-order valence-electron chi connectivity index (χ0n) is 12.0. The second kappa shape index (κ2) is 6.64. The summed E-state index contributed by atoms with van der Waals surface area (Å²) < 4.78 is 16.4. The van der Waals surface area contributed by atoms with Gasteiger partial charge in [-0.1, -0.05) is 17.8 Å². The Bertz CT molecular complexity index is 618. The molecule has 1 aromatic heterocycles. The van der Waals surface area contributed by atoms with Gasteiger partial charge in [0.15, 0.2) is 15.8 Å². The number of thioether (sulfide) groups is 1. The molecule has 0 saturated carbocycles. The quantitative estimate of drug-likeness (QED) is 0.854. The highest BCUT2D eigenvalue weighted by Gasteiger charge is 2.16. The number of ether oxygens (including phenoxy) is 2. The van der Waals surface area contributed by atoms with Crippen LogP contribution in [-0.4, -0.2) is 35.4 Å². The number of hydrogen-bond donors (Lipinski definition) is 1. The lowest BCUT2D eigenvalue weighted by Gasteiger charge is -2.21. The summed E-state index contributed by atoms with van der Waals surface area (Å²) in [7, 11) is 1.97. The van der Waals surface area contributed by atoms with Crippen LogP contribution in [0.5, 0.6) is 11.5 Å². The minimum absolute atomic E-state index is 0.232. The summed E-state index contributed by atoms with van der Waals surface area (Å²) >= 11 is 3.17. The van der Waals surface area contributed by atoms with Crippen molar-refractivity contribution >= 4 is 23.3 Å². The molecule has 1 atom stereocenters. The Labute approximate surface area is 132 Å². The lowest BCUT2D eigenvalue weighted by atomic mass is 10.1. The molecule has 0 radical (unpaired) electrons. The topological polar surface area (TPSA) is 56.3 Å². The van der Waals surface area contributed by atoms with Crippen molar-refractivity contribution in [2.75, 3.05) is 26.0 Å². The van der Waals surface area contributed by atoms with Gasteiger partial charge in [0.25, 0.3) is 0 Å². The van der Waals surface area contributed by atoms with Gasteiger partial charge in [-0.05, 0) is 43.2 Å². The van der Waals surface area contributed by atoms with E-state index in [-0.39, 0.29) is 6.04 Å². The maximum Gasteiger partial charge on any atom is 0.170 e. The molecule has 1 N–H and O–H groups in total. The van der Waals surface area contributed by atoms with Crippen LogP contribution in [0.4, 0.5) is 0 Å². The molecule has 1 aliphatic heterocycles. The van der Waals surface area contributed by atoms with Crippen molar-refractivity contribution in [3.8, 4) is 11.5 Å². The van der Waals surface area contributed by atoms with Crippen LogP contribution < -0.4 is 14.8 Å². The van der Waals surface area contributed by atoms with Crippen molar-refractivity contribution in [2.24, 2.45) is 0 Å². The third-order valence-electron chi connectivity index (χ3n) is 3.20. The second-order valence-electron chi connectivity index (χ2n) is 4.66. The van der Waals surface area contributed by atoms with Crippen LogP contribution in [0.15, 0.2) is 22.5 Å². The Morgan fingerprint density at radius 1 is 1.33 bits per heavy atom. The Kier molecular flexibility index (Phi) is 4.62. The predicted octanol–water partition coefficient (Wildman–Crippen LogP) is 2.67. The number of aryl methyl sites for hydroxylation is 1. The van der Waals surface area contributed by atoms with E-state index in [4.69, 9.17) is 9.47 Å².